The van der Waals surface area contributed by atoms with Gasteiger partial charge in [0.05, 0.1) is 11.1 Å². The van der Waals surface area contributed by atoms with Crippen molar-refractivity contribution < 1.29 is 5.11 Å². The normalized spacial score (nSPS) is 12.3. The average molecular weight is 211 g/mol. The van der Waals surface area contributed by atoms with Crippen molar-refractivity contribution >= 4 is 22.5 Å². The van der Waals surface area contributed by atoms with Gasteiger partial charge in [0.2, 0.25) is 0 Å². The van der Waals surface area contributed by atoms with Crippen LogP contribution in [0.4, 0.5) is 0 Å². The second-order valence-electron chi connectivity index (χ2n) is 3.80. The zero-order chi connectivity index (χ0) is 10.3. The van der Waals surface area contributed by atoms with Gasteiger partial charge in [-0.3, -0.25) is 5.10 Å². The molecule has 0 bridgehead atoms. The summed E-state index contributed by atoms with van der Waals surface area (Å²) < 4.78 is 0. The quantitative estimate of drug-likeness (QED) is 0.760. The fraction of sp³-hybridized carbons (Fsp3) is 0.300. The Bertz CT molecular complexity index is 470. The first-order valence-electron chi connectivity index (χ1n) is 4.35. The maximum Gasteiger partial charge on any atom is 0.132 e. The number of benzene rings is 1. The number of aromatic amines is 1. The summed E-state index contributed by atoms with van der Waals surface area (Å²) in [4.78, 5) is 0. The molecule has 0 aliphatic rings. The predicted octanol–water partition coefficient (Wildman–Crippen LogP) is 2.44. The van der Waals surface area contributed by atoms with E-state index in [2.05, 4.69) is 10.2 Å². The van der Waals surface area contributed by atoms with Crippen LogP contribution in [-0.2, 0) is 5.60 Å². The van der Waals surface area contributed by atoms with Crippen LogP contribution in [0.25, 0.3) is 10.9 Å². The third-order valence-corrected chi connectivity index (χ3v) is 2.49. The van der Waals surface area contributed by atoms with Crippen molar-refractivity contribution in [2.45, 2.75) is 19.4 Å². The predicted molar refractivity (Wildman–Crippen MR) is 56.3 cm³/mol. The molecule has 0 saturated heterocycles. The molecule has 2 rings (SSSR count). The van der Waals surface area contributed by atoms with Gasteiger partial charge in [0.1, 0.15) is 5.15 Å². The minimum Gasteiger partial charge on any atom is -0.386 e. The lowest BCUT2D eigenvalue weighted by Crippen LogP contribution is -2.15. The summed E-state index contributed by atoms with van der Waals surface area (Å²) in [5, 5.41) is 18.0. The van der Waals surface area contributed by atoms with Gasteiger partial charge in [0.25, 0.3) is 0 Å². The van der Waals surface area contributed by atoms with Gasteiger partial charge in [-0.25, -0.2) is 0 Å². The van der Waals surface area contributed by atoms with E-state index in [4.69, 9.17) is 11.6 Å². The van der Waals surface area contributed by atoms with E-state index in [1.165, 1.54) is 0 Å². The molecule has 4 heteroatoms. The van der Waals surface area contributed by atoms with Gasteiger partial charge in [-0.1, -0.05) is 23.7 Å². The summed E-state index contributed by atoms with van der Waals surface area (Å²) in [5.41, 5.74) is 0.598. The minimum atomic E-state index is -0.905. The number of aliphatic hydroxyl groups is 1. The van der Waals surface area contributed by atoms with Crippen LogP contribution in [0.3, 0.4) is 0 Å². The Hall–Kier alpha value is -1.06. The monoisotopic (exact) mass is 210 g/mol. The van der Waals surface area contributed by atoms with E-state index in [0.717, 1.165) is 16.5 Å². The number of hydrogen-bond donors (Lipinski definition) is 2. The van der Waals surface area contributed by atoms with Crippen LogP contribution in [0.15, 0.2) is 18.2 Å². The zero-order valence-corrected chi connectivity index (χ0v) is 8.76. The largest absolute Gasteiger partial charge is 0.386 e. The van der Waals surface area contributed by atoms with Crippen molar-refractivity contribution in [3.8, 4) is 0 Å². The standard InChI is InChI=1S/C10H11ClN2O/c1-10(2,14)7-5-3-4-6-8(7)12-13-9(6)11/h3-5,14H,1-2H3,(H,12,13). The Morgan fingerprint density at radius 3 is 2.79 bits per heavy atom. The summed E-state index contributed by atoms with van der Waals surface area (Å²) >= 11 is 5.89. The Labute approximate surface area is 86.7 Å². The molecule has 0 spiro atoms. The molecule has 0 atom stereocenters. The smallest absolute Gasteiger partial charge is 0.132 e. The van der Waals surface area contributed by atoms with Crippen molar-refractivity contribution in [3.63, 3.8) is 0 Å². The number of aromatic nitrogens is 2. The molecule has 1 aromatic carbocycles. The third kappa shape index (κ3) is 1.38. The fourth-order valence-corrected chi connectivity index (χ4v) is 1.69. The van der Waals surface area contributed by atoms with E-state index in [0.29, 0.717) is 5.15 Å². The van der Waals surface area contributed by atoms with Crippen LogP contribution in [0.5, 0.6) is 0 Å². The molecule has 2 aromatic rings. The molecule has 0 saturated carbocycles. The van der Waals surface area contributed by atoms with Crippen LogP contribution in [0.2, 0.25) is 5.15 Å². The molecule has 0 fully saturated rings. The van der Waals surface area contributed by atoms with E-state index < -0.39 is 5.60 Å². The van der Waals surface area contributed by atoms with Crippen LogP contribution < -0.4 is 0 Å². The lowest BCUT2D eigenvalue weighted by molar-refractivity contribution is 0.0800. The van der Waals surface area contributed by atoms with Gasteiger partial charge >= 0.3 is 0 Å². The number of rotatable bonds is 1. The molecule has 0 aliphatic carbocycles. The van der Waals surface area contributed by atoms with Gasteiger partial charge in [0, 0.05) is 10.9 Å². The molecule has 0 aliphatic heterocycles. The summed E-state index contributed by atoms with van der Waals surface area (Å²) in [5.74, 6) is 0. The molecule has 14 heavy (non-hydrogen) atoms. The maximum atomic E-state index is 9.90. The topological polar surface area (TPSA) is 48.9 Å². The number of halogens is 1. The van der Waals surface area contributed by atoms with Crippen molar-refractivity contribution in [1.29, 1.82) is 0 Å². The first-order valence-corrected chi connectivity index (χ1v) is 4.73. The number of para-hydroxylation sites is 1. The first kappa shape index (κ1) is 9.49. The van der Waals surface area contributed by atoms with Crippen molar-refractivity contribution in [1.82, 2.24) is 10.2 Å². The van der Waals surface area contributed by atoms with E-state index in [1.807, 2.05) is 18.2 Å². The summed E-state index contributed by atoms with van der Waals surface area (Å²) in [6, 6.07) is 5.58. The highest BCUT2D eigenvalue weighted by atomic mass is 35.5. The molecule has 1 heterocycles. The van der Waals surface area contributed by atoms with Gasteiger partial charge in [-0.2, -0.15) is 5.10 Å². The average Bonchev–Trinajstić information content (AvgIpc) is 2.46. The number of fused-ring (bicyclic) bond motifs is 1. The SMILES string of the molecule is CC(C)(O)c1cccc2c(Cl)[nH]nc12. The maximum absolute atomic E-state index is 9.90. The molecule has 0 amide bonds. The zero-order valence-electron chi connectivity index (χ0n) is 8.00. The van der Waals surface area contributed by atoms with Crippen molar-refractivity contribution in [2.75, 3.05) is 0 Å². The highest BCUT2D eigenvalue weighted by molar-refractivity contribution is 6.34. The van der Waals surface area contributed by atoms with Gasteiger partial charge in [-0.05, 0) is 19.9 Å². The van der Waals surface area contributed by atoms with Gasteiger partial charge < -0.3 is 5.11 Å². The molecule has 74 valence electrons. The summed E-state index contributed by atoms with van der Waals surface area (Å²) in [6.45, 7) is 3.45. The highest BCUT2D eigenvalue weighted by Gasteiger charge is 2.20. The Morgan fingerprint density at radius 1 is 1.43 bits per heavy atom. The fourth-order valence-electron chi connectivity index (χ4n) is 1.50. The highest BCUT2D eigenvalue weighted by Crippen LogP contribution is 2.29. The van der Waals surface area contributed by atoms with Crippen LogP contribution in [0, 0.1) is 0 Å². The number of nitrogens with one attached hydrogen (secondary N) is 1. The number of H-pyrrole nitrogens is 1. The minimum absolute atomic E-state index is 0.506. The van der Waals surface area contributed by atoms with Gasteiger partial charge in [0.15, 0.2) is 0 Å². The van der Waals surface area contributed by atoms with Crippen LogP contribution in [0.1, 0.15) is 19.4 Å². The van der Waals surface area contributed by atoms with E-state index in [-0.39, 0.29) is 0 Å². The molecule has 1 aromatic heterocycles. The molecular weight excluding hydrogens is 200 g/mol. The van der Waals surface area contributed by atoms with Crippen LogP contribution >= 0.6 is 11.6 Å². The molecule has 0 unspecified atom stereocenters. The molecule has 0 radical (unpaired) electrons. The first-order chi connectivity index (χ1) is 6.50. The van der Waals surface area contributed by atoms with Crippen LogP contribution in [-0.4, -0.2) is 15.3 Å². The lowest BCUT2D eigenvalue weighted by atomic mass is 9.96. The molecule has 2 N–H and O–H groups in total. The van der Waals surface area contributed by atoms with Gasteiger partial charge in [-0.15, -0.1) is 0 Å². The number of hydrogen-bond acceptors (Lipinski definition) is 2. The molecular formula is C10H11ClN2O. The van der Waals surface area contributed by atoms with E-state index in [1.54, 1.807) is 13.8 Å². The Morgan fingerprint density at radius 2 is 2.14 bits per heavy atom. The number of nitrogens with zero attached hydrogens (tertiary/aromatic N) is 1. The van der Waals surface area contributed by atoms with E-state index in [9.17, 15) is 5.11 Å². The second-order valence-corrected chi connectivity index (χ2v) is 4.18. The Balaban J connectivity index is 2.79. The second kappa shape index (κ2) is 2.97. The Kier molecular flexibility index (Phi) is 2.01. The molecule has 3 nitrogen and oxygen atoms in total. The van der Waals surface area contributed by atoms with Crippen molar-refractivity contribution in [3.05, 3.63) is 28.9 Å². The summed E-state index contributed by atoms with van der Waals surface area (Å²) in [6.07, 6.45) is 0. The third-order valence-electron chi connectivity index (χ3n) is 2.20. The van der Waals surface area contributed by atoms with E-state index >= 15 is 0 Å². The summed E-state index contributed by atoms with van der Waals surface area (Å²) in [7, 11) is 0. The lowest BCUT2D eigenvalue weighted by Gasteiger charge is -2.17. The van der Waals surface area contributed by atoms with Crippen molar-refractivity contribution in [2.24, 2.45) is 0 Å².